The van der Waals surface area contributed by atoms with Gasteiger partial charge in [0.25, 0.3) is 0 Å². The molecule has 2 atom stereocenters. The standard InChI is InChI=1S/C77H141NO8/c1-6-8-10-12-14-16-18-20-22-24-26-28-29-30-31-32-33-34-35-36-37-38-39-40-41-42-43-44-45-46-47-48-50-52-54-56-58-60-62-64-66-68-75(80)86-73(72-85-77(76(81)82)83-70-69-78(3,4)5)71-84-74(79)67-65-63-61-59-57-55-53-51-49-27-25-23-21-19-17-15-13-11-9-7-2/h8,10,14,16,20,22,26,28,30-31,73,77H,6-7,9,11-13,15,17-19,21,23-25,27,29,32-72H2,1-5H3/b10-8-,16-14-,22-20-,28-26-,31-30-. The fraction of sp³-hybridized carbons (Fsp3) is 0.831. The van der Waals surface area contributed by atoms with Gasteiger partial charge in [0.15, 0.2) is 12.4 Å². The normalized spacial score (nSPS) is 13.0. The summed E-state index contributed by atoms with van der Waals surface area (Å²) in [6, 6.07) is 0. The van der Waals surface area contributed by atoms with E-state index in [2.05, 4.69) is 74.6 Å². The molecule has 9 heteroatoms. The van der Waals surface area contributed by atoms with Crippen molar-refractivity contribution >= 4 is 17.9 Å². The molecule has 0 aromatic heterocycles. The van der Waals surface area contributed by atoms with Crippen molar-refractivity contribution in [3.63, 3.8) is 0 Å². The molecule has 0 aromatic carbocycles. The molecule has 0 amide bonds. The number of allylic oxidation sites excluding steroid dienone is 10. The van der Waals surface area contributed by atoms with E-state index in [0.717, 1.165) is 70.6 Å². The molecule has 2 unspecified atom stereocenters. The quantitative estimate of drug-likeness (QED) is 0.0195. The molecule has 0 radical (unpaired) electrons. The van der Waals surface area contributed by atoms with E-state index in [9.17, 15) is 19.5 Å². The minimum absolute atomic E-state index is 0.151. The van der Waals surface area contributed by atoms with Gasteiger partial charge in [0.1, 0.15) is 13.2 Å². The Morgan fingerprint density at radius 3 is 0.988 bits per heavy atom. The van der Waals surface area contributed by atoms with Crippen LogP contribution in [-0.2, 0) is 33.3 Å². The average Bonchev–Trinajstić information content (AvgIpc) is 3.63. The number of hydrogen-bond donors (Lipinski definition) is 0. The third kappa shape index (κ3) is 68.5. The molecule has 0 heterocycles. The Balaban J connectivity index is 3.95. The number of carbonyl (C=O) groups excluding carboxylic acids is 3. The van der Waals surface area contributed by atoms with Crippen molar-refractivity contribution in [1.29, 1.82) is 0 Å². The molecule has 86 heavy (non-hydrogen) atoms. The fourth-order valence-corrected chi connectivity index (χ4v) is 10.9. The van der Waals surface area contributed by atoms with Gasteiger partial charge in [-0.2, -0.15) is 0 Å². The lowest BCUT2D eigenvalue weighted by atomic mass is 10.0. The molecule has 0 fully saturated rings. The van der Waals surface area contributed by atoms with Crippen molar-refractivity contribution in [2.75, 3.05) is 47.5 Å². The second-order valence-corrected chi connectivity index (χ2v) is 26.2. The van der Waals surface area contributed by atoms with Crippen molar-refractivity contribution in [2.45, 2.75) is 367 Å². The van der Waals surface area contributed by atoms with Gasteiger partial charge < -0.3 is 33.3 Å². The first kappa shape index (κ1) is 83.0. The first-order valence-electron chi connectivity index (χ1n) is 36.9. The van der Waals surface area contributed by atoms with Crippen LogP contribution >= 0.6 is 0 Å². The smallest absolute Gasteiger partial charge is 0.306 e. The zero-order valence-electron chi connectivity index (χ0n) is 57.4. The summed E-state index contributed by atoms with van der Waals surface area (Å²) in [5.41, 5.74) is 0. The second kappa shape index (κ2) is 67.9. The van der Waals surface area contributed by atoms with E-state index in [1.165, 1.54) is 257 Å². The molecule has 502 valence electrons. The largest absolute Gasteiger partial charge is 0.545 e. The van der Waals surface area contributed by atoms with Crippen LogP contribution in [-0.4, -0.2) is 82.3 Å². The van der Waals surface area contributed by atoms with Gasteiger partial charge in [-0.05, 0) is 57.8 Å². The molecule has 0 bridgehead atoms. The van der Waals surface area contributed by atoms with E-state index < -0.39 is 24.3 Å². The number of carbonyl (C=O) groups is 3. The van der Waals surface area contributed by atoms with E-state index in [-0.39, 0.29) is 32.2 Å². The Morgan fingerprint density at radius 2 is 0.663 bits per heavy atom. The maximum absolute atomic E-state index is 12.9. The van der Waals surface area contributed by atoms with Crippen LogP contribution in [0.2, 0.25) is 0 Å². The topological polar surface area (TPSA) is 111 Å². The van der Waals surface area contributed by atoms with Gasteiger partial charge in [-0.1, -0.05) is 344 Å². The van der Waals surface area contributed by atoms with Gasteiger partial charge >= 0.3 is 11.9 Å². The molecular formula is C77H141NO8. The molecule has 0 saturated carbocycles. The first-order valence-corrected chi connectivity index (χ1v) is 36.9. The lowest BCUT2D eigenvalue weighted by molar-refractivity contribution is -0.870. The van der Waals surface area contributed by atoms with Crippen LogP contribution < -0.4 is 5.11 Å². The lowest BCUT2D eigenvalue weighted by Crippen LogP contribution is -2.44. The SMILES string of the molecule is CC/C=C\C/C=C\C/C=C\C/C=C\C/C=C\CCCCCCCCCCCCCCCCCCCCCCCCCCCC(=O)OC(COC(=O)CCCCCCCCCCCCCCCCCCCCCC)COC(OCC[N+](C)(C)C)C(=O)[O-]. The fourth-order valence-electron chi connectivity index (χ4n) is 10.9. The van der Waals surface area contributed by atoms with Crippen molar-refractivity contribution in [1.82, 2.24) is 0 Å². The highest BCUT2D eigenvalue weighted by atomic mass is 16.7. The molecule has 0 saturated heterocycles. The van der Waals surface area contributed by atoms with E-state index in [4.69, 9.17) is 18.9 Å². The van der Waals surface area contributed by atoms with Gasteiger partial charge in [0, 0.05) is 12.8 Å². The number of ether oxygens (including phenoxy) is 4. The van der Waals surface area contributed by atoms with Crippen LogP contribution in [0.15, 0.2) is 60.8 Å². The highest BCUT2D eigenvalue weighted by molar-refractivity contribution is 5.70. The summed E-state index contributed by atoms with van der Waals surface area (Å²) < 4.78 is 22.8. The van der Waals surface area contributed by atoms with Crippen LogP contribution in [0.5, 0.6) is 0 Å². The number of rotatable bonds is 69. The third-order valence-electron chi connectivity index (χ3n) is 16.5. The predicted molar refractivity (Wildman–Crippen MR) is 366 cm³/mol. The van der Waals surface area contributed by atoms with E-state index in [1.54, 1.807) is 0 Å². The minimum Gasteiger partial charge on any atom is -0.545 e. The monoisotopic (exact) mass is 1210 g/mol. The minimum atomic E-state index is -1.62. The molecule has 0 spiro atoms. The summed E-state index contributed by atoms with van der Waals surface area (Å²) >= 11 is 0. The van der Waals surface area contributed by atoms with Crippen LogP contribution in [0.3, 0.4) is 0 Å². The van der Waals surface area contributed by atoms with Crippen LogP contribution in [0.4, 0.5) is 0 Å². The molecule has 0 aliphatic heterocycles. The summed E-state index contributed by atoms with van der Waals surface area (Å²) in [5, 5.41) is 11.8. The van der Waals surface area contributed by atoms with Crippen molar-refractivity contribution in [3.05, 3.63) is 60.8 Å². The Kier molecular flexibility index (Phi) is 65.5. The Hall–Kier alpha value is -3.01. The van der Waals surface area contributed by atoms with Gasteiger partial charge in [-0.15, -0.1) is 0 Å². The summed E-state index contributed by atoms with van der Waals surface area (Å²) in [5.74, 6) is -2.25. The number of likely N-dealkylation sites (N-methyl/N-ethyl adjacent to an activating group) is 1. The van der Waals surface area contributed by atoms with Gasteiger partial charge in [-0.3, -0.25) is 9.59 Å². The molecule has 0 aromatic rings. The van der Waals surface area contributed by atoms with Crippen molar-refractivity contribution in [2.24, 2.45) is 0 Å². The molecule has 0 aliphatic rings. The molecule has 0 aliphatic carbocycles. The highest BCUT2D eigenvalue weighted by Gasteiger charge is 2.22. The number of nitrogens with zero attached hydrogens (tertiary/aromatic N) is 1. The summed E-state index contributed by atoms with van der Waals surface area (Å²) in [6.45, 7) is 4.70. The number of hydrogen-bond acceptors (Lipinski definition) is 8. The number of esters is 2. The number of carboxylic acid groups (broad SMARTS) is 1. The van der Waals surface area contributed by atoms with Crippen LogP contribution in [0.1, 0.15) is 354 Å². The number of unbranched alkanes of at least 4 members (excludes halogenated alkanes) is 44. The Labute approximate surface area is 533 Å². The van der Waals surface area contributed by atoms with E-state index in [0.29, 0.717) is 17.4 Å². The molecule has 0 N–H and O–H groups in total. The van der Waals surface area contributed by atoms with E-state index >= 15 is 0 Å². The maximum Gasteiger partial charge on any atom is 0.306 e. The zero-order chi connectivity index (χ0) is 62.6. The number of quaternary nitrogens is 1. The number of aliphatic carboxylic acids is 1. The Morgan fingerprint density at radius 1 is 0.360 bits per heavy atom. The second-order valence-electron chi connectivity index (χ2n) is 26.2. The maximum atomic E-state index is 12.9. The molecule has 0 rings (SSSR count). The van der Waals surface area contributed by atoms with Gasteiger partial charge in [0.05, 0.1) is 40.3 Å². The van der Waals surface area contributed by atoms with Gasteiger partial charge in [-0.25, -0.2) is 0 Å². The number of carboxylic acids is 1. The summed E-state index contributed by atoms with van der Waals surface area (Å²) in [4.78, 5) is 37.5. The lowest BCUT2D eigenvalue weighted by Gasteiger charge is -2.26. The summed E-state index contributed by atoms with van der Waals surface area (Å²) in [6.07, 6.45) is 86.1. The average molecular weight is 1210 g/mol. The Bertz CT molecular complexity index is 1600. The van der Waals surface area contributed by atoms with Crippen LogP contribution in [0.25, 0.3) is 0 Å². The van der Waals surface area contributed by atoms with Gasteiger partial charge in [0.2, 0.25) is 0 Å². The first-order chi connectivity index (χ1) is 42.1. The van der Waals surface area contributed by atoms with E-state index in [1.807, 2.05) is 21.1 Å². The zero-order valence-corrected chi connectivity index (χ0v) is 57.4. The van der Waals surface area contributed by atoms with Crippen LogP contribution in [0, 0.1) is 0 Å². The highest BCUT2D eigenvalue weighted by Crippen LogP contribution is 2.19. The molecule has 9 nitrogen and oxygen atoms in total. The summed E-state index contributed by atoms with van der Waals surface area (Å²) in [7, 11) is 5.94. The third-order valence-corrected chi connectivity index (χ3v) is 16.5. The molecular weight excluding hydrogens is 1070 g/mol. The van der Waals surface area contributed by atoms with Crippen molar-refractivity contribution in [3.8, 4) is 0 Å². The van der Waals surface area contributed by atoms with Crippen molar-refractivity contribution < 1.29 is 42.9 Å². The predicted octanol–water partition coefficient (Wildman–Crippen LogP) is 21.8.